The van der Waals surface area contributed by atoms with Crippen LogP contribution in [0.2, 0.25) is 5.02 Å². The number of urea groups is 1. The second kappa shape index (κ2) is 16.0. The van der Waals surface area contributed by atoms with Gasteiger partial charge in [-0.15, -0.1) is 0 Å². The van der Waals surface area contributed by atoms with Gasteiger partial charge in [-0.25, -0.2) is 4.79 Å². The minimum absolute atomic E-state index is 0.0103. The van der Waals surface area contributed by atoms with Gasteiger partial charge in [0.2, 0.25) is 5.78 Å². The Kier molecular flexibility index (Phi) is 11.0. The molecule has 14 heteroatoms. The van der Waals surface area contributed by atoms with Gasteiger partial charge >= 0.3 is 12.2 Å². The van der Waals surface area contributed by atoms with E-state index in [-0.39, 0.29) is 52.4 Å². The molecule has 10 rings (SSSR count). The van der Waals surface area contributed by atoms with E-state index in [4.69, 9.17) is 30.2 Å². The van der Waals surface area contributed by atoms with E-state index < -0.39 is 51.5 Å². The molecule has 1 aromatic heterocycles. The van der Waals surface area contributed by atoms with Crippen molar-refractivity contribution in [2.24, 2.45) is 33.5 Å². The Labute approximate surface area is 381 Å². The summed E-state index contributed by atoms with van der Waals surface area (Å²) in [6.07, 6.45) is 5.14. The van der Waals surface area contributed by atoms with Crippen molar-refractivity contribution in [1.29, 1.82) is 0 Å². The molecule has 1 heterocycles. The van der Waals surface area contributed by atoms with Crippen molar-refractivity contribution in [2.45, 2.75) is 83.2 Å². The standard InChI is InChI=1S/C51H54ClF3N2O8/c1-46-19-16-33(58)26-48(46)22-23-50(37(27-48)44(59)40-15-14-39(65-40)36-24-31(51(53,54)55)7-13-38(36)52)42(46)17-20-47(2)43(50)18-21-49(47,61)29-57(28-30-6-10-35(63-4)25-41(30)64-5)45(60)56-32-8-11-34(62-3)12-9-32/h6-15,22-25,27,33,42-43,58,61H,16-21,26,28-29H2,1-5H3,(H,56,60)/t33?,42-,43-,46-,47+,48+,49-,50-/m1/s1. The number of halogens is 4. The van der Waals surface area contributed by atoms with Crippen LogP contribution in [0.25, 0.3) is 11.3 Å². The number of ether oxygens (including phenoxy) is 3. The van der Waals surface area contributed by atoms with Crippen LogP contribution in [-0.4, -0.2) is 66.5 Å². The number of aliphatic hydroxyl groups excluding tert-OH is 1. The molecule has 6 aliphatic rings. The fourth-order valence-corrected chi connectivity index (χ4v) is 13.0. The fourth-order valence-electron chi connectivity index (χ4n) is 12.8. The van der Waals surface area contributed by atoms with Crippen molar-refractivity contribution in [1.82, 2.24) is 4.90 Å². The van der Waals surface area contributed by atoms with E-state index in [1.807, 2.05) is 12.1 Å². The third-order valence-corrected chi connectivity index (χ3v) is 16.6. The molecular formula is C51H54ClF3N2O8. The normalized spacial score (nSPS) is 31.0. The molecule has 2 spiro atoms. The third kappa shape index (κ3) is 7.06. The molecule has 3 fully saturated rings. The number of methoxy groups -OCH3 is 3. The molecule has 0 aliphatic heterocycles. The van der Waals surface area contributed by atoms with Crippen LogP contribution in [0.1, 0.15) is 80.5 Å². The van der Waals surface area contributed by atoms with E-state index in [2.05, 4.69) is 31.3 Å². The smallest absolute Gasteiger partial charge is 0.416 e. The highest BCUT2D eigenvalue weighted by molar-refractivity contribution is 6.33. The number of fused-ring (bicyclic) bond motifs is 1. The molecule has 3 saturated carbocycles. The molecule has 0 radical (unpaired) electrons. The number of anilines is 1. The number of amides is 2. The lowest BCUT2D eigenvalue weighted by atomic mass is 9.32. The summed E-state index contributed by atoms with van der Waals surface area (Å²) in [6.45, 7) is 4.41. The SMILES string of the molecule is COc1ccc(NC(=O)N(Cc2ccc(OC)cc2OC)C[C@]2(O)CC[C@H]3[C@]45C=C[C@@]6(C=C4C(=O)c4ccc(-c7cc(C(F)(F)F)ccc7Cl)o4)CC(O)CC[C@]6(C)[C@H]5CC[C@@]32C)cc1. The Bertz CT molecular complexity index is 2590. The molecule has 6 aliphatic carbocycles. The number of alkyl halides is 3. The van der Waals surface area contributed by atoms with Gasteiger partial charge in [-0.05, 0) is 129 Å². The van der Waals surface area contributed by atoms with Crippen molar-refractivity contribution in [3.63, 3.8) is 0 Å². The number of aliphatic hydroxyl groups is 2. The number of Topliss-reactive ketones (excluding diaryl/α,β-unsaturated/α-hetero) is 1. The van der Waals surface area contributed by atoms with Crippen LogP contribution in [0.15, 0.2) is 101 Å². The van der Waals surface area contributed by atoms with Gasteiger partial charge in [0.25, 0.3) is 0 Å². The van der Waals surface area contributed by atoms with E-state index in [0.29, 0.717) is 72.6 Å². The van der Waals surface area contributed by atoms with Crippen molar-refractivity contribution in [3.8, 4) is 28.6 Å². The Balaban J connectivity index is 1.10. The van der Waals surface area contributed by atoms with Crippen LogP contribution in [0.4, 0.5) is 23.7 Å². The zero-order chi connectivity index (χ0) is 46.3. The van der Waals surface area contributed by atoms with E-state index in [1.54, 1.807) is 62.6 Å². The zero-order valence-corrected chi connectivity index (χ0v) is 37.8. The number of ketones is 1. The lowest BCUT2D eigenvalue weighted by molar-refractivity contribution is -0.174. The molecule has 3 aromatic carbocycles. The summed E-state index contributed by atoms with van der Waals surface area (Å²) in [5.41, 5.74) is -3.25. The number of carbonyl (C=O) groups is 2. The molecule has 4 aromatic rings. The van der Waals surface area contributed by atoms with Crippen LogP contribution in [0, 0.1) is 33.5 Å². The first-order valence-corrected chi connectivity index (χ1v) is 22.5. The highest BCUT2D eigenvalue weighted by Crippen LogP contribution is 2.78. The lowest BCUT2D eigenvalue weighted by Gasteiger charge is -2.71. The first kappa shape index (κ1) is 44.9. The second-order valence-corrected chi connectivity index (χ2v) is 19.6. The van der Waals surface area contributed by atoms with Crippen molar-refractivity contribution in [3.05, 3.63) is 119 Å². The summed E-state index contributed by atoms with van der Waals surface area (Å²) >= 11 is 6.42. The number of benzene rings is 3. The number of hydrogen-bond donors (Lipinski definition) is 3. The molecule has 1 unspecified atom stereocenters. The van der Waals surface area contributed by atoms with Crippen molar-refractivity contribution >= 4 is 29.1 Å². The maximum Gasteiger partial charge on any atom is 0.416 e. The van der Waals surface area contributed by atoms with Crippen LogP contribution in [-0.2, 0) is 12.7 Å². The Hall–Kier alpha value is -5.24. The van der Waals surface area contributed by atoms with E-state index in [9.17, 15) is 28.2 Å². The Morgan fingerprint density at radius 2 is 1.55 bits per heavy atom. The van der Waals surface area contributed by atoms with Gasteiger partial charge in [0.1, 0.15) is 23.0 Å². The number of rotatable bonds is 11. The first-order valence-electron chi connectivity index (χ1n) is 22.1. The van der Waals surface area contributed by atoms with Crippen molar-refractivity contribution < 1.29 is 51.6 Å². The Morgan fingerprint density at radius 1 is 0.862 bits per heavy atom. The van der Waals surface area contributed by atoms with Gasteiger partial charge in [-0.1, -0.05) is 43.7 Å². The van der Waals surface area contributed by atoms with Gasteiger partial charge in [-0.3, -0.25) is 4.79 Å². The van der Waals surface area contributed by atoms with Gasteiger partial charge in [0.15, 0.2) is 5.76 Å². The molecule has 2 bridgehead atoms. The molecule has 2 amide bonds. The summed E-state index contributed by atoms with van der Waals surface area (Å²) in [5.74, 6) is 0.984. The fraction of sp³-hybridized carbons (Fsp3) is 0.451. The van der Waals surface area contributed by atoms with E-state index in [1.165, 1.54) is 12.1 Å². The predicted molar refractivity (Wildman–Crippen MR) is 239 cm³/mol. The largest absolute Gasteiger partial charge is 0.497 e. The zero-order valence-electron chi connectivity index (χ0n) is 37.1. The molecule has 65 heavy (non-hydrogen) atoms. The van der Waals surface area contributed by atoms with Crippen LogP contribution in [0.3, 0.4) is 0 Å². The maximum atomic E-state index is 15.3. The highest BCUT2D eigenvalue weighted by Gasteiger charge is 2.74. The minimum Gasteiger partial charge on any atom is -0.497 e. The molecule has 3 N–H and O–H groups in total. The summed E-state index contributed by atoms with van der Waals surface area (Å²) in [7, 11) is 4.68. The first-order chi connectivity index (χ1) is 30.8. The van der Waals surface area contributed by atoms with Crippen molar-refractivity contribution in [2.75, 3.05) is 33.2 Å². The quantitative estimate of drug-likeness (QED) is 0.100. The number of furan rings is 1. The maximum absolute atomic E-state index is 15.3. The number of nitrogens with one attached hydrogen (secondary N) is 1. The number of carbonyl (C=O) groups excluding carboxylic acids is 2. The summed E-state index contributed by atoms with van der Waals surface area (Å²) in [4.78, 5) is 31.4. The van der Waals surface area contributed by atoms with Crippen LogP contribution < -0.4 is 19.5 Å². The van der Waals surface area contributed by atoms with Crippen LogP contribution in [0.5, 0.6) is 17.2 Å². The highest BCUT2D eigenvalue weighted by atomic mass is 35.5. The Morgan fingerprint density at radius 3 is 2.26 bits per heavy atom. The second-order valence-electron chi connectivity index (χ2n) is 19.2. The van der Waals surface area contributed by atoms with Gasteiger partial charge < -0.3 is 39.1 Å². The molecule has 10 nitrogen and oxygen atoms in total. The average molecular weight is 915 g/mol. The van der Waals surface area contributed by atoms with E-state index in [0.717, 1.165) is 24.6 Å². The third-order valence-electron chi connectivity index (χ3n) is 16.3. The molecule has 8 atom stereocenters. The number of nitrogens with zero attached hydrogens (tertiary/aromatic N) is 1. The topological polar surface area (TPSA) is 131 Å². The van der Waals surface area contributed by atoms with Crippen LogP contribution >= 0.6 is 11.6 Å². The monoisotopic (exact) mass is 914 g/mol. The predicted octanol–water partition coefficient (Wildman–Crippen LogP) is 11.2. The minimum atomic E-state index is -4.62. The lowest BCUT2D eigenvalue weighted by Crippen LogP contribution is -2.67. The number of allylic oxidation sites excluding steroid dienone is 4. The van der Waals surface area contributed by atoms with Gasteiger partial charge in [0.05, 0.1) is 56.7 Å². The molecular weight excluding hydrogens is 861 g/mol. The van der Waals surface area contributed by atoms with Gasteiger partial charge in [0, 0.05) is 44.7 Å². The van der Waals surface area contributed by atoms with E-state index >= 15 is 4.79 Å². The average Bonchev–Trinajstić information content (AvgIpc) is 3.88. The summed E-state index contributed by atoms with van der Waals surface area (Å²) < 4.78 is 64.0. The molecule has 0 saturated heterocycles. The summed E-state index contributed by atoms with van der Waals surface area (Å²) in [5, 5.41) is 27.6. The molecule has 344 valence electrons. The summed E-state index contributed by atoms with van der Waals surface area (Å²) in [6, 6.07) is 17.9. The number of hydrogen-bond acceptors (Lipinski definition) is 8. The van der Waals surface area contributed by atoms with Gasteiger partial charge in [-0.2, -0.15) is 13.2 Å².